The lowest BCUT2D eigenvalue weighted by Crippen LogP contribution is -2.17. The summed E-state index contributed by atoms with van der Waals surface area (Å²) in [5, 5.41) is -0.146. The topological polar surface area (TPSA) is 0 Å². The summed E-state index contributed by atoms with van der Waals surface area (Å²) in [6, 6.07) is 0. The Morgan fingerprint density at radius 3 is 2.09 bits per heavy atom. The molecule has 0 bridgehead atoms. The molecule has 0 fully saturated rings. The van der Waals surface area contributed by atoms with Gasteiger partial charge in [-0.15, -0.1) is 0 Å². The van der Waals surface area contributed by atoms with Crippen LogP contribution in [-0.2, 0) is 0 Å². The van der Waals surface area contributed by atoms with Crippen LogP contribution in [0.3, 0.4) is 0 Å². The molecule has 1 aliphatic rings. The van der Waals surface area contributed by atoms with Crippen molar-refractivity contribution in [1.82, 2.24) is 0 Å². The fourth-order valence-corrected chi connectivity index (χ4v) is 1.68. The second kappa shape index (κ2) is 2.87. The van der Waals surface area contributed by atoms with Crippen molar-refractivity contribution >= 4 is 28.5 Å². The number of hydrogen-bond donors (Lipinski definition) is 0. The van der Waals surface area contributed by atoms with Gasteiger partial charge in [0.15, 0.2) is 0 Å². The van der Waals surface area contributed by atoms with Gasteiger partial charge in [0.1, 0.15) is 0 Å². The third kappa shape index (κ3) is 1.37. The Bertz CT molecular complexity index is 230. The van der Waals surface area contributed by atoms with E-state index in [1.54, 1.807) is 0 Å². The first kappa shape index (κ1) is 9.21. The SMILES string of the molecule is CC1=C(C)C(C)(B(Cl)Cl)C=C1. The number of allylic oxidation sites excluding steroid dienone is 4. The Labute approximate surface area is 78.2 Å². The van der Waals surface area contributed by atoms with Gasteiger partial charge in [-0.1, -0.05) is 30.2 Å². The van der Waals surface area contributed by atoms with Crippen LogP contribution in [0.25, 0.3) is 0 Å². The van der Waals surface area contributed by atoms with Crippen molar-refractivity contribution in [3.8, 4) is 0 Å². The molecule has 0 saturated heterocycles. The number of halogens is 2. The minimum atomic E-state index is -0.351. The molecule has 0 spiro atoms. The van der Waals surface area contributed by atoms with E-state index >= 15 is 0 Å². The molecule has 1 aliphatic carbocycles. The minimum absolute atomic E-state index is 0.146. The zero-order valence-corrected chi connectivity index (χ0v) is 8.50. The summed E-state index contributed by atoms with van der Waals surface area (Å²) >= 11 is 11.7. The smallest absolute Gasteiger partial charge is 0.170 e. The monoisotopic (exact) mass is 188 g/mol. The molecule has 0 aromatic rings. The zero-order valence-electron chi connectivity index (χ0n) is 6.99. The van der Waals surface area contributed by atoms with Gasteiger partial charge in [-0.25, -0.2) is 0 Å². The maximum atomic E-state index is 5.87. The second-order valence-corrected chi connectivity index (χ2v) is 4.32. The van der Waals surface area contributed by atoms with Crippen molar-refractivity contribution in [2.45, 2.75) is 26.1 Å². The molecule has 60 valence electrons. The van der Waals surface area contributed by atoms with Gasteiger partial charge < -0.3 is 0 Å². The van der Waals surface area contributed by atoms with Gasteiger partial charge in [-0.3, -0.25) is 0 Å². The van der Waals surface area contributed by atoms with Crippen LogP contribution in [0.2, 0.25) is 5.31 Å². The highest BCUT2D eigenvalue weighted by atomic mass is 35.5. The van der Waals surface area contributed by atoms with Gasteiger partial charge in [0, 0.05) is 5.31 Å². The van der Waals surface area contributed by atoms with Gasteiger partial charge in [-0.05, 0) is 13.8 Å². The molecular formula is C8H11BCl2. The summed E-state index contributed by atoms with van der Waals surface area (Å²) in [4.78, 5) is 0. The van der Waals surface area contributed by atoms with Crippen LogP contribution in [0.4, 0.5) is 0 Å². The average molecular weight is 189 g/mol. The molecule has 1 rings (SSSR count). The molecule has 0 N–H and O–H groups in total. The van der Waals surface area contributed by atoms with E-state index in [1.165, 1.54) is 11.1 Å². The number of hydrogen-bond acceptors (Lipinski definition) is 0. The van der Waals surface area contributed by atoms with E-state index in [4.69, 9.17) is 22.9 Å². The van der Waals surface area contributed by atoms with Crippen LogP contribution < -0.4 is 0 Å². The first-order valence-corrected chi connectivity index (χ1v) is 4.51. The normalized spacial score (nSPS) is 29.9. The van der Waals surface area contributed by atoms with E-state index in [2.05, 4.69) is 32.9 Å². The highest BCUT2D eigenvalue weighted by Crippen LogP contribution is 2.47. The molecule has 0 saturated carbocycles. The lowest BCUT2D eigenvalue weighted by molar-refractivity contribution is 0.893. The van der Waals surface area contributed by atoms with E-state index in [0.717, 1.165) is 0 Å². The predicted octanol–water partition coefficient (Wildman–Crippen LogP) is 3.62. The summed E-state index contributed by atoms with van der Waals surface area (Å²) in [5.74, 6) is 0. The van der Waals surface area contributed by atoms with E-state index in [0.29, 0.717) is 0 Å². The van der Waals surface area contributed by atoms with Crippen LogP contribution in [0.15, 0.2) is 23.3 Å². The molecule has 0 heterocycles. The first-order chi connectivity index (χ1) is 4.98. The maximum Gasteiger partial charge on any atom is 0.365 e. The van der Waals surface area contributed by atoms with E-state index in [1.807, 2.05) is 0 Å². The molecular weight excluding hydrogens is 178 g/mol. The molecule has 0 aromatic carbocycles. The zero-order chi connectivity index (χ0) is 8.65. The van der Waals surface area contributed by atoms with E-state index in [9.17, 15) is 0 Å². The van der Waals surface area contributed by atoms with Crippen LogP contribution in [0.1, 0.15) is 20.8 Å². The third-order valence-electron chi connectivity index (χ3n) is 2.53. The molecule has 0 amide bonds. The average Bonchev–Trinajstić information content (AvgIpc) is 2.18. The highest BCUT2D eigenvalue weighted by Gasteiger charge is 2.37. The first-order valence-electron chi connectivity index (χ1n) is 3.64. The highest BCUT2D eigenvalue weighted by molar-refractivity contribution is 7.35. The molecule has 0 aliphatic heterocycles. The van der Waals surface area contributed by atoms with Crippen molar-refractivity contribution in [3.05, 3.63) is 23.3 Å². The molecule has 11 heavy (non-hydrogen) atoms. The van der Waals surface area contributed by atoms with Crippen LogP contribution in [0.5, 0.6) is 0 Å². The quantitative estimate of drug-likeness (QED) is 0.552. The third-order valence-corrected chi connectivity index (χ3v) is 3.44. The lowest BCUT2D eigenvalue weighted by Gasteiger charge is -2.23. The Morgan fingerprint density at radius 1 is 1.36 bits per heavy atom. The van der Waals surface area contributed by atoms with Gasteiger partial charge in [0.25, 0.3) is 0 Å². The lowest BCUT2D eigenvalue weighted by atomic mass is 9.65. The van der Waals surface area contributed by atoms with Crippen molar-refractivity contribution < 1.29 is 0 Å². The van der Waals surface area contributed by atoms with Crippen molar-refractivity contribution in [3.63, 3.8) is 0 Å². The van der Waals surface area contributed by atoms with Crippen molar-refractivity contribution in [2.75, 3.05) is 0 Å². The standard InChI is InChI=1S/C8H11BCl2/c1-6-4-5-8(3,7(6)2)9(10)11/h4-5H,1-3H3. The van der Waals surface area contributed by atoms with Gasteiger partial charge >= 0.3 is 5.54 Å². The fourth-order valence-electron chi connectivity index (χ4n) is 1.21. The Morgan fingerprint density at radius 2 is 1.91 bits per heavy atom. The fraction of sp³-hybridized carbons (Fsp3) is 0.500. The van der Waals surface area contributed by atoms with Crippen molar-refractivity contribution in [2.24, 2.45) is 0 Å². The second-order valence-electron chi connectivity index (χ2n) is 3.22. The molecule has 1 unspecified atom stereocenters. The molecule has 0 radical (unpaired) electrons. The summed E-state index contributed by atoms with van der Waals surface area (Å²) in [5.41, 5.74) is 2.20. The Balaban J connectivity index is 3.02. The molecule has 0 nitrogen and oxygen atoms in total. The molecule has 3 heteroatoms. The van der Waals surface area contributed by atoms with E-state index in [-0.39, 0.29) is 10.9 Å². The van der Waals surface area contributed by atoms with E-state index < -0.39 is 0 Å². The Hall–Kier alpha value is 0.125. The van der Waals surface area contributed by atoms with Crippen LogP contribution in [-0.4, -0.2) is 5.54 Å². The summed E-state index contributed by atoms with van der Waals surface area (Å²) in [6.45, 7) is 6.21. The number of rotatable bonds is 1. The van der Waals surface area contributed by atoms with Crippen LogP contribution in [0, 0.1) is 0 Å². The van der Waals surface area contributed by atoms with Gasteiger partial charge in [0.2, 0.25) is 0 Å². The molecule has 0 aromatic heterocycles. The minimum Gasteiger partial charge on any atom is -0.170 e. The molecule has 1 atom stereocenters. The summed E-state index contributed by atoms with van der Waals surface area (Å²) in [6.07, 6.45) is 4.15. The van der Waals surface area contributed by atoms with Gasteiger partial charge in [0.05, 0.1) is 0 Å². The summed E-state index contributed by atoms with van der Waals surface area (Å²) < 4.78 is 0. The summed E-state index contributed by atoms with van der Waals surface area (Å²) in [7, 11) is 0. The van der Waals surface area contributed by atoms with Gasteiger partial charge in [-0.2, -0.15) is 22.9 Å². The Kier molecular flexibility index (Phi) is 2.41. The maximum absolute atomic E-state index is 5.87. The predicted molar refractivity (Wildman–Crippen MR) is 53.3 cm³/mol. The van der Waals surface area contributed by atoms with Crippen LogP contribution >= 0.6 is 22.9 Å². The largest absolute Gasteiger partial charge is 0.365 e. The van der Waals surface area contributed by atoms with Crippen molar-refractivity contribution in [1.29, 1.82) is 0 Å².